The van der Waals surface area contributed by atoms with Crippen molar-refractivity contribution < 1.29 is 23.5 Å². The topological polar surface area (TPSA) is 52.8 Å². The summed E-state index contributed by atoms with van der Waals surface area (Å²) in [6, 6.07) is 18.6. The molecule has 0 unspecified atom stereocenters. The largest absolute Gasteiger partial charge is 0.497 e. The molecule has 1 aliphatic rings. The summed E-state index contributed by atoms with van der Waals surface area (Å²) >= 11 is 0. The average molecular weight is 458 g/mol. The zero-order valence-electron chi connectivity index (χ0n) is 20.0. The summed E-state index contributed by atoms with van der Waals surface area (Å²) in [4.78, 5) is 0. The normalized spacial score (nSPS) is 12.0. The molecule has 0 saturated heterocycles. The number of fused-ring (bicyclic) bond motifs is 4. The Kier molecular flexibility index (Phi) is 5.88. The number of nitrogens with one attached hydrogen (secondary N) is 1. The molecule has 174 valence electrons. The van der Waals surface area contributed by atoms with Crippen molar-refractivity contribution in [3.05, 3.63) is 71.9 Å². The minimum absolute atomic E-state index is 0.682. The number of pyridine rings is 1. The van der Waals surface area contributed by atoms with E-state index in [1.807, 2.05) is 18.2 Å². The van der Waals surface area contributed by atoms with Crippen molar-refractivity contribution >= 4 is 16.5 Å². The molecule has 2 heterocycles. The molecule has 0 saturated carbocycles. The fourth-order valence-corrected chi connectivity index (χ4v) is 4.65. The van der Waals surface area contributed by atoms with Crippen LogP contribution in [0.2, 0.25) is 0 Å². The van der Waals surface area contributed by atoms with Crippen molar-refractivity contribution in [1.29, 1.82) is 0 Å². The second-order valence-electron chi connectivity index (χ2n) is 8.31. The van der Waals surface area contributed by atoms with Crippen molar-refractivity contribution in [2.24, 2.45) is 0 Å². The molecule has 0 amide bonds. The second kappa shape index (κ2) is 9.14. The first-order valence-corrected chi connectivity index (χ1v) is 11.3. The molecule has 0 bridgehead atoms. The maximum Gasteiger partial charge on any atom is 0.213 e. The lowest BCUT2D eigenvalue weighted by Gasteiger charge is -2.19. The third-order valence-corrected chi connectivity index (χ3v) is 6.48. The van der Waals surface area contributed by atoms with Gasteiger partial charge in [0.05, 0.1) is 45.1 Å². The maximum absolute atomic E-state index is 5.71. The maximum atomic E-state index is 5.71. The Balaban J connectivity index is 1.56. The van der Waals surface area contributed by atoms with E-state index in [0.29, 0.717) is 6.54 Å². The lowest BCUT2D eigenvalue weighted by atomic mass is 9.95. The SMILES string of the molecule is COc1ccc(CNc2c(OC)ccc3cc4[n+](cc23)CCc2cc(OC)c(OC)cc2-4)cc1. The van der Waals surface area contributed by atoms with Crippen molar-refractivity contribution in [1.82, 2.24) is 0 Å². The Morgan fingerprint density at radius 2 is 1.53 bits per heavy atom. The van der Waals surface area contributed by atoms with Crippen LogP contribution in [0.25, 0.3) is 22.0 Å². The van der Waals surface area contributed by atoms with E-state index in [9.17, 15) is 0 Å². The summed E-state index contributed by atoms with van der Waals surface area (Å²) in [5.41, 5.74) is 5.77. The van der Waals surface area contributed by atoms with Gasteiger partial charge < -0.3 is 24.3 Å². The van der Waals surface area contributed by atoms with Crippen LogP contribution in [-0.4, -0.2) is 28.4 Å². The molecule has 34 heavy (non-hydrogen) atoms. The summed E-state index contributed by atoms with van der Waals surface area (Å²) in [6.45, 7) is 1.57. The van der Waals surface area contributed by atoms with Crippen LogP contribution in [0.4, 0.5) is 5.69 Å². The summed E-state index contributed by atoms with van der Waals surface area (Å²) < 4.78 is 24.4. The smallest absolute Gasteiger partial charge is 0.213 e. The van der Waals surface area contributed by atoms with Gasteiger partial charge in [-0.15, -0.1) is 0 Å². The first-order chi connectivity index (χ1) is 16.6. The highest BCUT2D eigenvalue weighted by molar-refractivity contribution is 5.97. The molecule has 0 atom stereocenters. The number of methoxy groups -OCH3 is 4. The van der Waals surface area contributed by atoms with Crippen LogP contribution < -0.4 is 28.8 Å². The number of aromatic nitrogens is 1. The van der Waals surface area contributed by atoms with Crippen LogP contribution in [0, 0.1) is 0 Å². The first-order valence-electron chi connectivity index (χ1n) is 11.3. The van der Waals surface area contributed by atoms with E-state index in [-0.39, 0.29) is 0 Å². The fraction of sp³-hybridized carbons (Fsp3) is 0.250. The van der Waals surface area contributed by atoms with Crippen molar-refractivity contribution in [2.75, 3.05) is 33.8 Å². The number of ether oxygens (including phenoxy) is 4. The summed E-state index contributed by atoms with van der Waals surface area (Å²) in [5.74, 6) is 3.19. The Labute approximate surface area is 199 Å². The molecule has 1 N–H and O–H groups in total. The van der Waals surface area contributed by atoms with Crippen molar-refractivity contribution in [3.63, 3.8) is 0 Å². The van der Waals surface area contributed by atoms with Gasteiger partial charge >= 0.3 is 0 Å². The van der Waals surface area contributed by atoms with Gasteiger partial charge in [0.25, 0.3) is 0 Å². The van der Waals surface area contributed by atoms with Crippen LogP contribution in [0.1, 0.15) is 11.1 Å². The number of anilines is 1. The molecule has 0 spiro atoms. The molecular weight excluding hydrogens is 428 g/mol. The van der Waals surface area contributed by atoms with Gasteiger partial charge in [0, 0.05) is 19.0 Å². The van der Waals surface area contributed by atoms with E-state index in [0.717, 1.165) is 52.4 Å². The Hall–Kier alpha value is -3.93. The molecule has 3 aromatic carbocycles. The van der Waals surface area contributed by atoms with Gasteiger partial charge in [0.1, 0.15) is 11.5 Å². The van der Waals surface area contributed by atoms with E-state index in [2.05, 4.69) is 52.5 Å². The fourth-order valence-electron chi connectivity index (χ4n) is 4.65. The molecule has 0 aliphatic carbocycles. The molecule has 0 fully saturated rings. The predicted molar refractivity (Wildman–Crippen MR) is 133 cm³/mol. The number of hydrogen-bond donors (Lipinski definition) is 1. The molecule has 6 heteroatoms. The van der Waals surface area contributed by atoms with Crippen molar-refractivity contribution in [3.8, 4) is 34.3 Å². The number of rotatable bonds is 7. The second-order valence-corrected chi connectivity index (χ2v) is 8.31. The Bertz CT molecular complexity index is 1350. The lowest BCUT2D eigenvalue weighted by Crippen LogP contribution is -2.40. The summed E-state index contributed by atoms with van der Waals surface area (Å²) in [6.07, 6.45) is 3.15. The molecule has 0 radical (unpaired) electrons. The van der Waals surface area contributed by atoms with Crippen LogP contribution in [0.15, 0.2) is 60.8 Å². The lowest BCUT2D eigenvalue weighted by molar-refractivity contribution is -0.686. The van der Waals surface area contributed by atoms with Gasteiger partial charge in [-0.3, -0.25) is 0 Å². The molecule has 4 aromatic rings. The highest BCUT2D eigenvalue weighted by Crippen LogP contribution is 2.39. The number of nitrogens with zero attached hydrogens (tertiary/aromatic N) is 1. The van der Waals surface area contributed by atoms with Gasteiger partial charge in [-0.25, -0.2) is 0 Å². The van der Waals surface area contributed by atoms with Gasteiger partial charge in [-0.05, 0) is 46.8 Å². The van der Waals surface area contributed by atoms with Crippen LogP contribution in [0.5, 0.6) is 23.0 Å². The zero-order chi connectivity index (χ0) is 23.7. The van der Waals surface area contributed by atoms with Gasteiger partial charge in [0.15, 0.2) is 24.2 Å². The average Bonchev–Trinajstić information content (AvgIpc) is 2.89. The minimum Gasteiger partial charge on any atom is -0.497 e. The molecule has 1 aromatic heterocycles. The van der Waals surface area contributed by atoms with Gasteiger partial charge in [0.2, 0.25) is 5.69 Å². The van der Waals surface area contributed by atoms with Crippen LogP contribution >= 0.6 is 0 Å². The van der Waals surface area contributed by atoms with Crippen LogP contribution in [0.3, 0.4) is 0 Å². The van der Waals surface area contributed by atoms with Crippen molar-refractivity contribution in [2.45, 2.75) is 19.5 Å². The standard InChI is InChI=1S/C28H28N2O4/c1-31-21-8-5-18(6-9-21)16-29-28-23-17-30-12-11-20-14-26(33-3)27(34-4)15-22(20)24(30)13-19(23)7-10-25(28)32-2/h5-10,13-15,17H,11-12,16H2,1-4H3/p+1. The summed E-state index contributed by atoms with van der Waals surface area (Å²) in [5, 5.41) is 5.88. The summed E-state index contributed by atoms with van der Waals surface area (Å²) in [7, 11) is 6.74. The Morgan fingerprint density at radius 3 is 2.24 bits per heavy atom. The number of benzene rings is 3. The molecular formula is C28H29N2O4+. The molecule has 1 aliphatic heterocycles. The highest BCUT2D eigenvalue weighted by Gasteiger charge is 2.27. The van der Waals surface area contributed by atoms with E-state index in [1.54, 1.807) is 28.4 Å². The number of hydrogen-bond acceptors (Lipinski definition) is 5. The van der Waals surface area contributed by atoms with Gasteiger partial charge in [-0.2, -0.15) is 4.57 Å². The van der Waals surface area contributed by atoms with Gasteiger partial charge in [-0.1, -0.05) is 18.2 Å². The van der Waals surface area contributed by atoms with Crippen LogP contribution in [-0.2, 0) is 19.5 Å². The van der Waals surface area contributed by atoms with E-state index >= 15 is 0 Å². The third-order valence-electron chi connectivity index (χ3n) is 6.48. The third kappa shape index (κ3) is 3.85. The monoisotopic (exact) mass is 457 g/mol. The number of aryl methyl sites for hydroxylation is 2. The van der Waals surface area contributed by atoms with E-state index < -0.39 is 0 Å². The Morgan fingerprint density at radius 1 is 0.794 bits per heavy atom. The molecule has 5 rings (SSSR count). The van der Waals surface area contributed by atoms with E-state index in [4.69, 9.17) is 18.9 Å². The predicted octanol–water partition coefficient (Wildman–Crippen LogP) is 5.00. The first kappa shape index (κ1) is 21.9. The minimum atomic E-state index is 0.682. The quantitative estimate of drug-likeness (QED) is 0.396. The molecule has 6 nitrogen and oxygen atoms in total. The zero-order valence-corrected chi connectivity index (χ0v) is 20.0. The van der Waals surface area contributed by atoms with E-state index in [1.165, 1.54) is 22.4 Å². The highest BCUT2D eigenvalue weighted by atomic mass is 16.5.